The molecule has 0 aliphatic carbocycles. The van der Waals surface area contributed by atoms with Gasteiger partial charge in [-0.1, -0.05) is 30.3 Å². The van der Waals surface area contributed by atoms with Gasteiger partial charge in [0, 0.05) is 0 Å². The predicted octanol–water partition coefficient (Wildman–Crippen LogP) is 1.13. The summed E-state index contributed by atoms with van der Waals surface area (Å²) in [6.45, 7) is 0.307. The SMILES string of the molecule is O=S1(=O)CCOC1c1ccccc1. The first-order valence-corrected chi connectivity index (χ1v) is 5.80. The van der Waals surface area contributed by atoms with E-state index in [1.807, 2.05) is 18.2 Å². The van der Waals surface area contributed by atoms with Crippen molar-refractivity contribution in [1.82, 2.24) is 0 Å². The first kappa shape index (κ1) is 8.72. The third kappa shape index (κ3) is 1.59. The summed E-state index contributed by atoms with van der Waals surface area (Å²) < 4.78 is 28.0. The number of sulfone groups is 1. The summed E-state index contributed by atoms with van der Waals surface area (Å²) in [6.07, 6.45) is 0. The van der Waals surface area contributed by atoms with Crippen molar-refractivity contribution >= 4 is 9.84 Å². The maximum Gasteiger partial charge on any atom is 0.183 e. The maximum absolute atomic E-state index is 11.4. The molecular formula is C9H10O3S. The van der Waals surface area contributed by atoms with Crippen LogP contribution >= 0.6 is 0 Å². The van der Waals surface area contributed by atoms with Crippen molar-refractivity contribution in [2.75, 3.05) is 12.4 Å². The molecule has 0 aromatic heterocycles. The van der Waals surface area contributed by atoms with Crippen molar-refractivity contribution in [3.8, 4) is 0 Å². The molecule has 0 N–H and O–H groups in total. The normalized spacial score (nSPS) is 26.0. The molecule has 1 aromatic carbocycles. The van der Waals surface area contributed by atoms with Crippen molar-refractivity contribution in [3.63, 3.8) is 0 Å². The smallest absolute Gasteiger partial charge is 0.183 e. The minimum atomic E-state index is -3.06. The van der Waals surface area contributed by atoms with E-state index in [9.17, 15) is 8.42 Å². The third-order valence-electron chi connectivity index (χ3n) is 2.03. The summed E-state index contributed by atoms with van der Waals surface area (Å²) in [5, 5.41) is 0. The maximum atomic E-state index is 11.4. The van der Waals surface area contributed by atoms with Crippen LogP contribution in [0.5, 0.6) is 0 Å². The predicted molar refractivity (Wildman–Crippen MR) is 48.9 cm³/mol. The van der Waals surface area contributed by atoms with Gasteiger partial charge in [0.15, 0.2) is 15.3 Å². The second-order valence-electron chi connectivity index (χ2n) is 2.98. The van der Waals surface area contributed by atoms with Crippen molar-refractivity contribution in [2.45, 2.75) is 5.44 Å². The third-order valence-corrected chi connectivity index (χ3v) is 3.83. The Hall–Kier alpha value is -0.870. The Morgan fingerprint density at radius 3 is 2.46 bits per heavy atom. The van der Waals surface area contributed by atoms with Crippen LogP contribution in [0.4, 0.5) is 0 Å². The van der Waals surface area contributed by atoms with E-state index in [1.54, 1.807) is 12.1 Å². The lowest BCUT2D eigenvalue weighted by molar-refractivity contribution is 0.141. The van der Waals surface area contributed by atoms with Crippen molar-refractivity contribution in [2.24, 2.45) is 0 Å². The average molecular weight is 198 g/mol. The molecule has 0 spiro atoms. The molecule has 1 atom stereocenters. The standard InChI is InChI=1S/C9H10O3S/c10-13(11)7-6-12-9(13)8-4-2-1-3-5-8/h1-5,9H,6-7H2. The van der Waals surface area contributed by atoms with E-state index in [1.165, 1.54) is 0 Å². The first-order valence-electron chi connectivity index (χ1n) is 4.08. The van der Waals surface area contributed by atoms with Gasteiger partial charge in [-0.15, -0.1) is 0 Å². The van der Waals surface area contributed by atoms with Gasteiger partial charge in [0.25, 0.3) is 0 Å². The number of hydrogen-bond acceptors (Lipinski definition) is 3. The number of rotatable bonds is 1. The molecule has 0 amide bonds. The Balaban J connectivity index is 2.38. The Labute approximate surface area is 77.3 Å². The van der Waals surface area contributed by atoms with Crippen LogP contribution in [0.1, 0.15) is 11.0 Å². The average Bonchev–Trinajstić information content (AvgIpc) is 2.47. The van der Waals surface area contributed by atoms with E-state index in [2.05, 4.69) is 0 Å². The van der Waals surface area contributed by atoms with Gasteiger partial charge in [-0.2, -0.15) is 0 Å². The highest BCUT2D eigenvalue weighted by Crippen LogP contribution is 2.28. The molecule has 1 aliphatic heterocycles. The van der Waals surface area contributed by atoms with Gasteiger partial charge < -0.3 is 4.74 Å². The van der Waals surface area contributed by atoms with Crippen LogP contribution < -0.4 is 0 Å². The lowest BCUT2D eigenvalue weighted by Gasteiger charge is -2.08. The van der Waals surface area contributed by atoms with E-state index in [0.29, 0.717) is 6.61 Å². The van der Waals surface area contributed by atoms with Gasteiger partial charge in [-0.25, -0.2) is 8.42 Å². The van der Waals surface area contributed by atoms with Crippen LogP contribution in [0, 0.1) is 0 Å². The Morgan fingerprint density at radius 2 is 1.92 bits per heavy atom. The lowest BCUT2D eigenvalue weighted by Crippen LogP contribution is -2.08. The minimum Gasteiger partial charge on any atom is -0.356 e. The van der Waals surface area contributed by atoms with E-state index >= 15 is 0 Å². The molecule has 1 unspecified atom stereocenters. The fourth-order valence-corrected chi connectivity index (χ4v) is 2.81. The van der Waals surface area contributed by atoms with Crippen LogP contribution in [-0.2, 0) is 14.6 Å². The van der Waals surface area contributed by atoms with Gasteiger partial charge in [-0.05, 0) is 5.56 Å². The van der Waals surface area contributed by atoms with E-state index in [0.717, 1.165) is 5.56 Å². The highest BCUT2D eigenvalue weighted by atomic mass is 32.2. The molecule has 1 aromatic rings. The van der Waals surface area contributed by atoms with E-state index in [-0.39, 0.29) is 5.75 Å². The molecule has 3 nitrogen and oxygen atoms in total. The van der Waals surface area contributed by atoms with Crippen LogP contribution in [0.3, 0.4) is 0 Å². The van der Waals surface area contributed by atoms with Crippen molar-refractivity contribution in [3.05, 3.63) is 35.9 Å². The van der Waals surface area contributed by atoms with E-state index in [4.69, 9.17) is 4.74 Å². The second-order valence-corrected chi connectivity index (χ2v) is 5.14. The molecule has 0 saturated carbocycles. The van der Waals surface area contributed by atoms with Crippen LogP contribution in [0.15, 0.2) is 30.3 Å². The van der Waals surface area contributed by atoms with Crippen LogP contribution in [0.2, 0.25) is 0 Å². The Morgan fingerprint density at radius 1 is 1.23 bits per heavy atom. The molecule has 70 valence electrons. The summed E-state index contributed by atoms with van der Waals surface area (Å²) >= 11 is 0. The van der Waals surface area contributed by atoms with Gasteiger partial charge in [-0.3, -0.25) is 0 Å². The zero-order chi connectivity index (χ0) is 9.31. The number of ether oxygens (including phenoxy) is 1. The molecule has 13 heavy (non-hydrogen) atoms. The fraction of sp³-hybridized carbons (Fsp3) is 0.333. The highest BCUT2D eigenvalue weighted by Gasteiger charge is 2.33. The minimum absolute atomic E-state index is 0.132. The summed E-state index contributed by atoms with van der Waals surface area (Å²) in [5.74, 6) is 0.132. The molecule has 1 saturated heterocycles. The Kier molecular flexibility index (Phi) is 2.09. The fourth-order valence-electron chi connectivity index (χ4n) is 1.40. The summed E-state index contributed by atoms with van der Waals surface area (Å²) in [5.41, 5.74) is -0.0197. The molecule has 1 heterocycles. The second kappa shape index (κ2) is 3.12. The summed E-state index contributed by atoms with van der Waals surface area (Å²) in [7, 11) is -3.06. The molecule has 1 fully saturated rings. The monoisotopic (exact) mass is 198 g/mol. The Bertz CT molecular complexity index is 383. The van der Waals surface area contributed by atoms with E-state index < -0.39 is 15.3 Å². The summed E-state index contributed by atoms with van der Waals surface area (Å²) in [6, 6.07) is 9.02. The molecule has 2 rings (SSSR count). The molecule has 0 bridgehead atoms. The van der Waals surface area contributed by atoms with Gasteiger partial charge in [0.1, 0.15) is 0 Å². The quantitative estimate of drug-likeness (QED) is 0.679. The topological polar surface area (TPSA) is 43.4 Å². The molecule has 1 aliphatic rings. The number of hydrogen-bond donors (Lipinski definition) is 0. The van der Waals surface area contributed by atoms with Crippen LogP contribution in [-0.4, -0.2) is 20.8 Å². The van der Waals surface area contributed by atoms with Gasteiger partial charge in [0.2, 0.25) is 0 Å². The number of benzene rings is 1. The van der Waals surface area contributed by atoms with Gasteiger partial charge >= 0.3 is 0 Å². The van der Waals surface area contributed by atoms with Crippen molar-refractivity contribution < 1.29 is 13.2 Å². The van der Waals surface area contributed by atoms with Crippen LogP contribution in [0.25, 0.3) is 0 Å². The zero-order valence-corrected chi connectivity index (χ0v) is 7.83. The zero-order valence-electron chi connectivity index (χ0n) is 7.01. The molecule has 4 heteroatoms. The van der Waals surface area contributed by atoms with Gasteiger partial charge in [0.05, 0.1) is 12.4 Å². The highest BCUT2D eigenvalue weighted by molar-refractivity contribution is 7.91. The van der Waals surface area contributed by atoms with Crippen molar-refractivity contribution in [1.29, 1.82) is 0 Å². The first-order chi connectivity index (χ1) is 6.20. The lowest BCUT2D eigenvalue weighted by atomic mass is 10.2. The molecule has 0 radical (unpaired) electrons. The molecular weight excluding hydrogens is 188 g/mol. The largest absolute Gasteiger partial charge is 0.356 e. The summed E-state index contributed by atoms with van der Waals surface area (Å²) in [4.78, 5) is 0.